The summed E-state index contributed by atoms with van der Waals surface area (Å²) in [6, 6.07) is 15.5. The molecule has 3 rings (SSSR count). The van der Waals surface area contributed by atoms with Crippen molar-refractivity contribution in [1.29, 1.82) is 0 Å². The summed E-state index contributed by atoms with van der Waals surface area (Å²) in [4.78, 5) is 0. The first-order valence-electron chi connectivity index (χ1n) is 7.69. The lowest BCUT2D eigenvalue weighted by Gasteiger charge is -2.31. The molecule has 21 heavy (non-hydrogen) atoms. The number of aryl methyl sites for hydroxylation is 1. The quantitative estimate of drug-likeness (QED) is 0.849. The number of anilines is 1. The van der Waals surface area contributed by atoms with Crippen LogP contribution in [0.3, 0.4) is 0 Å². The van der Waals surface area contributed by atoms with Gasteiger partial charge in [-0.25, -0.2) is 0 Å². The number of benzene rings is 2. The van der Waals surface area contributed by atoms with Gasteiger partial charge >= 0.3 is 0 Å². The molecule has 0 saturated carbocycles. The zero-order chi connectivity index (χ0) is 14.8. The molecule has 2 aromatic carbocycles. The van der Waals surface area contributed by atoms with Crippen LogP contribution < -0.4 is 10.1 Å². The highest BCUT2D eigenvalue weighted by Gasteiger charge is 2.24. The van der Waals surface area contributed by atoms with Gasteiger partial charge in [-0.3, -0.25) is 0 Å². The smallest absolute Gasteiger partial charge is 0.142 e. The molecule has 1 N–H and O–H groups in total. The second-order valence-electron chi connectivity index (χ2n) is 6.01. The number of ether oxygens (including phenoxy) is 1. The second kappa shape index (κ2) is 5.80. The van der Waals surface area contributed by atoms with Crippen molar-refractivity contribution in [3.63, 3.8) is 0 Å². The van der Waals surface area contributed by atoms with E-state index in [1.807, 2.05) is 0 Å². The van der Waals surface area contributed by atoms with E-state index in [0.717, 1.165) is 17.9 Å². The molecule has 1 aliphatic carbocycles. The Hall–Kier alpha value is -1.96. The first-order valence-corrected chi connectivity index (χ1v) is 7.69. The Kier molecular flexibility index (Phi) is 3.87. The summed E-state index contributed by atoms with van der Waals surface area (Å²) >= 11 is 0. The Balaban J connectivity index is 1.91. The van der Waals surface area contributed by atoms with Crippen LogP contribution in [0.25, 0.3) is 0 Å². The Morgan fingerprint density at radius 3 is 2.57 bits per heavy atom. The van der Waals surface area contributed by atoms with Crippen molar-refractivity contribution in [2.75, 3.05) is 12.4 Å². The van der Waals surface area contributed by atoms with Gasteiger partial charge in [0.2, 0.25) is 0 Å². The number of hydrogen-bond donors (Lipinski definition) is 1. The van der Waals surface area contributed by atoms with Gasteiger partial charge in [0.1, 0.15) is 5.75 Å². The van der Waals surface area contributed by atoms with Crippen LogP contribution in [0.2, 0.25) is 0 Å². The molecule has 0 spiro atoms. The molecule has 0 aliphatic heterocycles. The Morgan fingerprint density at radius 2 is 1.81 bits per heavy atom. The molecule has 2 nitrogen and oxygen atoms in total. The van der Waals surface area contributed by atoms with Crippen LogP contribution in [0, 0.1) is 6.92 Å². The van der Waals surface area contributed by atoms with Crippen LogP contribution in [-0.2, 0) is 0 Å². The first kappa shape index (κ1) is 14.0. The van der Waals surface area contributed by atoms with Gasteiger partial charge in [0.15, 0.2) is 0 Å². The largest absolute Gasteiger partial charge is 0.495 e. The Morgan fingerprint density at radius 1 is 1.05 bits per heavy atom. The third-order valence-corrected chi connectivity index (χ3v) is 4.48. The molecule has 0 heterocycles. The van der Waals surface area contributed by atoms with Gasteiger partial charge < -0.3 is 10.1 Å². The summed E-state index contributed by atoms with van der Waals surface area (Å²) in [6.07, 6.45) is 2.39. The molecule has 0 fully saturated rings. The minimum Gasteiger partial charge on any atom is -0.495 e. The standard InChI is InChI=1S/C19H23NO/c1-13-8-10-18(19(12-13)21-3)20-17-11-9-14(2)15-6-4-5-7-16(15)17/h4-8,10,12,14,17,20H,9,11H2,1-3H3. The number of nitrogens with one attached hydrogen (secondary N) is 1. The zero-order valence-electron chi connectivity index (χ0n) is 13.0. The van der Waals surface area contributed by atoms with Crippen LogP contribution in [0.1, 0.15) is 48.4 Å². The monoisotopic (exact) mass is 281 g/mol. The highest BCUT2D eigenvalue weighted by molar-refractivity contribution is 5.59. The molecule has 2 heteroatoms. The van der Waals surface area contributed by atoms with Crippen molar-refractivity contribution >= 4 is 5.69 Å². The first-order chi connectivity index (χ1) is 10.2. The minimum absolute atomic E-state index is 0.369. The zero-order valence-corrected chi connectivity index (χ0v) is 13.0. The minimum atomic E-state index is 0.369. The van der Waals surface area contributed by atoms with E-state index >= 15 is 0 Å². The lowest BCUT2D eigenvalue weighted by molar-refractivity contribution is 0.415. The van der Waals surface area contributed by atoms with Gasteiger partial charge in [-0.05, 0) is 54.5 Å². The topological polar surface area (TPSA) is 21.3 Å². The number of methoxy groups -OCH3 is 1. The van der Waals surface area contributed by atoms with Crippen LogP contribution in [0.15, 0.2) is 42.5 Å². The van der Waals surface area contributed by atoms with Gasteiger partial charge in [0.05, 0.1) is 18.8 Å². The van der Waals surface area contributed by atoms with Crippen LogP contribution in [-0.4, -0.2) is 7.11 Å². The molecule has 1 aliphatic rings. The third-order valence-electron chi connectivity index (χ3n) is 4.48. The maximum absolute atomic E-state index is 5.51. The molecular weight excluding hydrogens is 258 g/mol. The SMILES string of the molecule is COc1cc(C)ccc1NC1CCC(C)c2ccccc21. The van der Waals surface area contributed by atoms with E-state index in [1.54, 1.807) is 7.11 Å². The number of rotatable bonds is 3. The fourth-order valence-electron chi connectivity index (χ4n) is 3.26. The Labute approximate surface area is 127 Å². The normalized spacial score (nSPS) is 20.7. The van der Waals surface area contributed by atoms with Gasteiger partial charge in [-0.2, -0.15) is 0 Å². The van der Waals surface area contributed by atoms with E-state index in [9.17, 15) is 0 Å². The van der Waals surface area contributed by atoms with Gasteiger partial charge in [-0.1, -0.05) is 37.3 Å². The van der Waals surface area contributed by atoms with Crippen LogP contribution in [0.5, 0.6) is 5.75 Å². The Bertz CT molecular complexity index is 635. The summed E-state index contributed by atoms with van der Waals surface area (Å²) in [6.45, 7) is 4.41. The molecule has 2 aromatic rings. The molecule has 0 saturated heterocycles. The predicted octanol–water partition coefficient (Wildman–Crippen LogP) is 5.05. The highest BCUT2D eigenvalue weighted by Crippen LogP contribution is 2.40. The average molecular weight is 281 g/mol. The summed E-state index contributed by atoms with van der Waals surface area (Å²) < 4.78 is 5.51. The van der Waals surface area contributed by atoms with Crippen molar-refractivity contribution in [3.8, 4) is 5.75 Å². The molecule has 110 valence electrons. The van der Waals surface area contributed by atoms with Crippen molar-refractivity contribution in [3.05, 3.63) is 59.2 Å². The van der Waals surface area contributed by atoms with Crippen molar-refractivity contribution in [2.45, 2.75) is 38.6 Å². The highest BCUT2D eigenvalue weighted by atomic mass is 16.5. The fraction of sp³-hybridized carbons (Fsp3) is 0.368. The predicted molar refractivity (Wildman–Crippen MR) is 88.2 cm³/mol. The van der Waals surface area contributed by atoms with Gasteiger partial charge in [0.25, 0.3) is 0 Å². The lowest BCUT2D eigenvalue weighted by Crippen LogP contribution is -2.19. The second-order valence-corrected chi connectivity index (χ2v) is 6.01. The summed E-state index contributed by atoms with van der Waals surface area (Å²) in [5.74, 6) is 1.57. The van der Waals surface area contributed by atoms with E-state index in [2.05, 4.69) is 61.6 Å². The summed E-state index contributed by atoms with van der Waals surface area (Å²) in [5.41, 5.74) is 5.21. The average Bonchev–Trinajstić information content (AvgIpc) is 2.52. The molecule has 0 bridgehead atoms. The van der Waals surface area contributed by atoms with E-state index in [1.165, 1.54) is 23.1 Å². The van der Waals surface area contributed by atoms with E-state index in [0.29, 0.717) is 12.0 Å². The van der Waals surface area contributed by atoms with Gasteiger partial charge in [0, 0.05) is 0 Å². The summed E-state index contributed by atoms with van der Waals surface area (Å²) in [5, 5.41) is 3.68. The van der Waals surface area contributed by atoms with E-state index < -0.39 is 0 Å². The molecule has 2 unspecified atom stereocenters. The van der Waals surface area contributed by atoms with Crippen molar-refractivity contribution in [2.24, 2.45) is 0 Å². The lowest BCUT2D eigenvalue weighted by atomic mass is 9.81. The molecule has 0 radical (unpaired) electrons. The van der Waals surface area contributed by atoms with Crippen molar-refractivity contribution < 1.29 is 4.74 Å². The van der Waals surface area contributed by atoms with Crippen LogP contribution in [0.4, 0.5) is 5.69 Å². The van der Waals surface area contributed by atoms with Crippen LogP contribution >= 0.6 is 0 Å². The maximum Gasteiger partial charge on any atom is 0.142 e. The molecule has 0 amide bonds. The molecular formula is C19H23NO. The third kappa shape index (κ3) is 2.76. The van der Waals surface area contributed by atoms with E-state index in [-0.39, 0.29) is 0 Å². The maximum atomic E-state index is 5.51. The summed E-state index contributed by atoms with van der Waals surface area (Å²) in [7, 11) is 1.73. The number of fused-ring (bicyclic) bond motifs is 1. The molecule has 0 aromatic heterocycles. The molecule has 2 atom stereocenters. The van der Waals surface area contributed by atoms with Gasteiger partial charge in [-0.15, -0.1) is 0 Å². The number of hydrogen-bond acceptors (Lipinski definition) is 2. The van der Waals surface area contributed by atoms with E-state index in [4.69, 9.17) is 4.74 Å². The van der Waals surface area contributed by atoms with Crippen molar-refractivity contribution in [1.82, 2.24) is 0 Å². The fourth-order valence-corrected chi connectivity index (χ4v) is 3.26.